The van der Waals surface area contributed by atoms with Crippen LogP contribution < -0.4 is 0 Å². The van der Waals surface area contributed by atoms with E-state index in [0.717, 1.165) is 12.3 Å². The number of hydrogen-bond acceptors (Lipinski definition) is 3. The number of imidazole rings is 1. The maximum Gasteiger partial charge on any atom is 0.436 e. The Bertz CT molecular complexity index is 674. The van der Waals surface area contributed by atoms with E-state index in [-0.39, 0.29) is 5.65 Å². The average Bonchev–Trinajstić information content (AvgIpc) is 2.54. The molecule has 0 fully saturated rings. The highest BCUT2D eigenvalue weighted by atomic mass is 32.3. The van der Waals surface area contributed by atoms with Crippen molar-refractivity contribution in [1.82, 2.24) is 9.38 Å². The molecule has 2 heterocycles. The Labute approximate surface area is 92.7 Å². The van der Waals surface area contributed by atoms with Gasteiger partial charge in [-0.25, -0.2) is 4.98 Å². The summed E-state index contributed by atoms with van der Waals surface area (Å²) in [6.45, 7) is 0. The predicted octanol–water partition coefficient (Wildman–Crippen LogP) is 2.01. The number of halogens is 4. The molecule has 92 valence electrons. The van der Waals surface area contributed by atoms with E-state index >= 15 is 0 Å². The van der Waals surface area contributed by atoms with E-state index in [1.54, 1.807) is 0 Å². The third-order valence-electron chi connectivity index (χ3n) is 1.99. The fraction of sp³-hybridized carbons (Fsp3) is 0.125. The third-order valence-corrected chi connectivity index (χ3v) is 2.84. The molecule has 17 heavy (non-hydrogen) atoms. The van der Waals surface area contributed by atoms with Gasteiger partial charge in [-0.05, 0) is 12.1 Å². The summed E-state index contributed by atoms with van der Waals surface area (Å²) in [6, 6.07) is 3.77. The van der Waals surface area contributed by atoms with Gasteiger partial charge in [-0.1, -0.05) is 9.95 Å². The van der Waals surface area contributed by atoms with Gasteiger partial charge < -0.3 is 0 Å². The van der Waals surface area contributed by atoms with E-state index in [0.29, 0.717) is 4.40 Å². The lowest BCUT2D eigenvalue weighted by molar-refractivity contribution is -0.143. The van der Waals surface area contributed by atoms with Crippen LogP contribution in [0.1, 0.15) is 5.69 Å². The van der Waals surface area contributed by atoms with Crippen LogP contribution >= 0.6 is 0 Å². The van der Waals surface area contributed by atoms with Crippen LogP contribution in [0.2, 0.25) is 0 Å². The molecule has 0 spiro atoms. The van der Waals surface area contributed by atoms with Crippen molar-refractivity contribution in [2.24, 2.45) is 0 Å². The van der Waals surface area contributed by atoms with Crippen LogP contribution in [0.4, 0.5) is 17.1 Å². The Hall–Kier alpha value is -1.64. The van der Waals surface area contributed by atoms with Crippen molar-refractivity contribution in [3.05, 3.63) is 30.1 Å². The summed E-state index contributed by atoms with van der Waals surface area (Å²) in [5, 5.41) is -1.50. The number of rotatable bonds is 1. The first-order valence-corrected chi connectivity index (χ1v) is 5.58. The number of aromatic nitrogens is 2. The van der Waals surface area contributed by atoms with Gasteiger partial charge in [-0.15, -0.1) is 0 Å². The molecule has 0 amide bonds. The van der Waals surface area contributed by atoms with Gasteiger partial charge in [0.15, 0.2) is 5.69 Å². The summed E-state index contributed by atoms with van der Waals surface area (Å²) in [5.74, 6) is 0. The highest BCUT2D eigenvalue weighted by Crippen LogP contribution is 2.34. The number of hydrogen-bond donors (Lipinski definition) is 0. The van der Waals surface area contributed by atoms with Gasteiger partial charge in [-0.3, -0.25) is 4.40 Å². The van der Waals surface area contributed by atoms with Crippen molar-refractivity contribution in [2.75, 3.05) is 0 Å². The maximum atomic E-state index is 12.9. The Morgan fingerprint density at radius 3 is 2.41 bits per heavy atom. The van der Waals surface area contributed by atoms with Gasteiger partial charge >= 0.3 is 16.4 Å². The van der Waals surface area contributed by atoms with Crippen LogP contribution in [0.25, 0.3) is 5.65 Å². The molecule has 0 aromatic carbocycles. The molecule has 0 atom stereocenters. The van der Waals surface area contributed by atoms with Gasteiger partial charge in [0.2, 0.25) is 5.03 Å². The molecule has 0 aliphatic rings. The first kappa shape index (κ1) is 11.8. The molecule has 0 unspecified atom stereocenters. The number of nitrogens with zero attached hydrogens (tertiary/aromatic N) is 2. The second kappa shape index (κ2) is 3.42. The quantitative estimate of drug-likeness (QED) is 0.587. The SMILES string of the molecule is O=S(=O)(F)c1c(C(F)(F)F)nc2ccccn12. The van der Waals surface area contributed by atoms with Crippen molar-refractivity contribution in [3.8, 4) is 0 Å². The largest absolute Gasteiger partial charge is 0.436 e. The lowest BCUT2D eigenvalue weighted by atomic mass is 10.5. The minimum atomic E-state index is -5.52. The van der Waals surface area contributed by atoms with Crippen LogP contribution in [0.5, 0.6) is 0 Å². The Morgan fingerprint density at radius 2 is 1.88 bits per heavy atom. The third kappa shape index (κ3) is 1.97. The molecular weight excluding hydrogens is 264 g/mol. The molecule has 0 radical (unpaired) electrons. The average molecular weight is 268 g/mol. The van der Waals surface area contributed by atoms with E-state index in [9.17, 15) is 25.5 Å². The lowest BCUT2D eigenvalue weighted by Gasteiger charge is -2.03. The normalized spacial score (nSPS) is 13.2. The molecule has 0 aliphatic carbocycles. The van der Waals surface area contributed by atoms with Crippen molar-refractivity contribution < 1.29 is 25.5 Å². The predicted molar refractivity (Wildman–Crippen MR) is 48.5 cm³/mol. The lowest BCUT2D eigenvalue weighted by Crippen LogP contribution is -2.11. The summed E-state index contributed by atoms with van der Waals surface area (Å²) in [4.78, 5) is 3.07. The number of alkyl halides is 3. The molecule has 9 heteroatoms. The number of fused-ring (bicyclic) bond motifs is 1. The van der Waals surface area contributed by atoms with Crippen LogP contribution in [0.15, 0.2) is 29.4 Å². The first-order chi connectivity index (χ1) is 7.71. The zero-order chi connectivity index (χ0) is 12.8. The van der Waals surface area contributed by atoms with Crippen molar-refractivity contribution in [1.29, 1.82) is 0 Å². The van der Waals surface area contributed by atoms with Crippen LogP contribution in [-0.4, -0.2) is 17.8 Å². The van der Waals surface area contributed by atoms with Gasteiger partial charge in [-0.2, -0.15) is 21.6 Å². The monoisotopic (exact) mass is 268 g/mol. The fourth-order valence-corrected chi connectivity index (χ4v) is 2.17. The standard InChI is InChI=1S/C8H4F4N2O2S/c9-8(10,11)6-7(17(12,15)16)14-4-2-1-3-5(14)13-6/h1-4H. The summed E-state index contributed by atoms with van der Waals surface area (Å²) < 4.78 is 72.5. The van der Waals surface area contributed by atoms with E-state index in [1.807, 2.05) is 0 Å². The fourth-order valence-electron chi connectivity index (χ4n) is 1.39. The highest BCUT2D eigenvalue weighted by molar-refractivity contribution is 7.86. The van der Waals surface area contributed by atoms with Crippen LogP contribution in [0.3, 0.4) is 0 Å². The highest BCUT2D eigenvalue weighted by Gasteiger charge is 2.42. The second-order valence-corrected chi connectivity index (χ2v) is 4.39. The molecule has 4 nitrogen and oxygen atoms in total. The van der Waals surface area contributed by atoms with E-state index < -0.39 is 27.1 Å². The summed E-state index contributed by atoms with van der Waals surface area (Å²) in [6.07, 6.45) is -4.05. The summed E-state index contributed by atoms with van der Waals surface area (Å²) >= 11 is 0. The topological polar surface area (TPSA) is 51.4 Å². The molecule has 0 N–H and O–H groups in total. The Morgan fingerprint density at radius 1 is 1.24 bits per heavy atom. The van der Waals surface area contributed by atoms with Crippen molar-refractivity contribution in [2.45, 2.75) is 11.2 Å². The minimum absolute atomic E-state index is 0.295. The van der Waals surface area contributed by atoms with E-state index in [2.05, 4.69) is 4.98 Å². The molecule has 0 bridgehead atoms. The molecule has 2 aromatic rings. The van der Waals surface area contributed by atoms with E-state index in [1.165, 1.54) is 12.1 Å². The Kier molecular flexibility index (Phi) is 2.38. The molecular formula is C8H4F4N2O2S. The van der Waals surface area contributed by atoms with Crippen molar-refractivity contribution >= 4 is 15.9 Å². The zero-order valence-electron chi connectivity index (χ0n) is 7.94. The summed E-state index contributed by atoms with van der Waals surface area (Å²) in [7, 11) is -5.52. The van der Waals surface area contributed by atoms with Crippen molar-refractivity contribution in [3.63, 3.8) is 0 Å². The van der Waals surface area contributed by atoms with Gasteiger partial charge in [0, 0.05) is 6.20 Å². The first-order valence-electron chi connectivity index (χ1n) is 4.20. The molecule has 2 rings (SSSR count). The van der Waals surface area contributed by atoms with E-state index in [4.69, 9.17) is 0 Å². The van der Waals surface area contributed by atoms with Crippen LogP contribution in [-0.2, 0) is 16.4 Å². The van der Waals surface area contributed by atoms with Gasteiger partial charge in [0.25, 0.3) is 0 Å². The molecule has 0 saturated heterocycles. The summed E-state index contributed by atoms with van der Waals surface area (Å²) in [5.41, 5.74) is -2.05. The van der Waals surface area contributed by atoms with Gasteiger partial charge in [0.05, 0.1) is 0 Å². The van der Waals surface area contributed by atoms with Gasteiger partial charge in [0.1, 0.15) is 5.65 Å². The molecule has 2 aromatic heterocycles. The second-order valence-electron chi connectivity index (χ2n) is 3.13. The number of pyridine rings is 1. The smallest absolute Gasteiger partial charge is 0.288 e. The maximum absolute atomic E-state index is 12.9. The molecule has 0 saturated carbocycles. The van der Waals surface area contributed by atoms with Crippen LogP contribution in [0, 0.1) is 0 Å². The Balaban J connectivity index is 2.94. The molecule has 0 aliphatic heterocycles. The zero-order valence-corrected chi connectivity index (χ0v) is 8.76. The minimum Gasteiger partial charge on any atom is -0.288 e.